The van der Waals surface area contributed by atoms with Crippen molar-refractivity contribution in [3.8, 4) is 11.5 Å². The molecule has 1 aromatic carbocycles. The lowest BCUT2D eigenvalue weighted by atomic mass is 9.92. The maximum absolute atomic E-state index is 11.1. The average molecular weight is 373 g/mol. The van der Waals surface area contributed by atoms with Crippen LogP contribution in [0.25, 0.3) is 0 Å². The van der Waals surface area contributed by atoms with Gasteiger partial charge in [0.05, 0.1) is 18.9 Å². The van der Waals surface area contributed by atoms with Crippen LogP contribution in [0.2, 0.25) is 0 Å². The maximum atomic E-state index is 11.1. The van der Waals surface area contributed by atoms with E-state index >= 15 is 0 Å². The molecule has 2 aromatic rings. The fourth-order valence-corrected chi connectivity index (χ4v) is 2.97. The Morgan fingerprint density at radius 1 is 1.15 bits per heavy atom. The highest BCUT2D eigenvalue weighted by molar-refractivity contribution is 5.72. The number of pyridine rings is 1. The number of fused-ring (bicyclic) bond motifs is 1. The molecule has 0 radical (unpaired) electrons. The van der Waals surface area contributed by atoms with Gasteiger partial charge in [-0.3, -0.25) is 9.78 Å². The summed E-state index contributed by atoms with van der Waals surface area (Å²) >= 11 is 0. The van der Waals surface area contributed by atoms with Crippen molar-refractivity contribution in [1.82, 2.24) is 4.98 Å². The number of nitrogens with zero attached hydrogens (tertiary/aromatic N) is 1. The molecule has 0 fully saturated rings. The molecule has 0 atom stereocenters. The predicted octanol–water partition coefficient (Wildman–Crippen LogP) is 2.96. The van der Waals surface area contributed by atoms with E-state index in [2.05, 4.69) is 11.1 Å². The molecule has 1 aromatic heterocycles. The van der Waals surface area contributed by atoms with Crippen molar-refractivity contribution >= 4 is 5.97 Å². The molecular weight excluding hydrogens is 346 g/mol. The van der Waals surface area contributed by atoms with E-state index < -0.39 is 0 Å². The smallest absolute Gasteiger partial charge is 0.310 e. The Morgan fingerprint density at radius 2 is 1.85 bits per heavy atom. The second-order valence-electron chi connectivity index (χ2n) is 6.48. The number of benzene rings is 1. The molecule has 0 unspecified atom stereocenters. The number of aromatic nitrogens is 1. The average Bonchev–Trinajstić information content (AvgIpc) is 2.70. The van der Waals surface area contributed by atoms with E-state index in [4.69, 9.17) is 14.9 Å². The van der Waals surface area contributed by atoms with E-state index in [-0.39, 0.29) is 24.9 Å². The summed E-state index contributed by atoms with van der Waals surface area (Å²) in [6, 6.07) is 6.01. The van der Waals surface area contributed by atoms with Crippen LogP contribution in [0.5, 0.6) is 11.5 Å². The Labute approximate surface area is 159 Å². The lowest BCUT2D eigenvalue weighted by Crippen LogP contribution is -2.07. The van der Waals surface area contributed by atoms with Gasteiger partial charge in [0, 0.05) is 23.7 Å². The van der Waals surface area contributed by atoms with Gasteiger partial charge in [0.15, 0.2) is 0 Å². The molecule has 0 saturated carbocycles. The van der Waals surface area contributed by atoms with Crippen LogP contribution in [-0.2, 0) is 30.8 Å². The minimum atomic E-state index is -0.287. The van der Waals surface area contributed by atoms with Crippen molar-refractivity contribution < 1.29 is 24.9 Å². The van der Waals surface area contributed by atoms with Crippen LogP contribution >= 0.6 is 0 Å². The standard InChI is InChI=1S/C13H16O2.C8H11NO3/c1-2-13(14)15-12-8-7-10-5-3-4-6-11(10)9-12;1-5-8(12)7(4-11)6(3-10)2-9-5/h7-9H,2-6H2,1H3;2,10-12H,3-4H2,1H3. The van der Waals surface area contributed by atoms with Gasteiger partial charge in [-0.25, -0.2) is 0 Å². The van der Waals surface area contributed by atoms with Crippen LogP contribution < -0.4 is 4.74 Å². The lowest BCUT2D eigenvalue weighted by Gasteiger charge is -2.16. The Bertz CT molecular complexity index is 788. The number of rotatable bonds is 4. The van der Waals surface area contributed by atoms with Gasteiger partial charge < -0.3 is 20.1 Å². The minimum Gasteiger partial charge on any atom is -0.506 e. The van der Waals surface area contributed by atoms with E-state index in [1.165, 1.54) is 30.2 Å². The van der Waals surface area contributed by atoms with Crippen LogP contribution in [0.3, 0.4) is 0 Å². The summed E-state index contributed by atoms with van der Waals surface area (Å²) in [4.78, 5) is 15.0. The largest absolute Gasteiger partial charge is 0.506 e. The van der Waals surface area contributed by atoms with Gasteiger partial charge in [-0.2, -0.15) is 0 Å². The maximum Gasteiger partial charge on any atom is 0.310 e. The molecule has 3 N–H and O–H groups in total. The topological polar surface area (TPSA) is 99.9 Å². The molecule has 3 rings (SSSR count). The number of aromatic hydroxyl groups is 1. The zero-order chi connectivity index (χ0) is 19.8. The minimum absolute atomic E-state index is 0.0379. The first-order chi connectivity index (χ1) is 13.0. The fourth-order valence-electron chi connectivity index (χ4n) is 2.97. The van der Waals surface area contributed by atoms with Crippen LogP contribution in [0.1, 0.15) is 54.1 Å². The highest BCUT2D eigenvalue weighted by atomic mass is 16.5. The molecule has 1 heterocycles. The molecule has 146 valence electrons. The summed E-state index contributed by atoms with van der Waals surface area (Å²) < 4.78 is 5.19. The van der Waals surface area contributed by atoms with Gasteiger partial charge in [0.2, 0.25) is 0 Å². The summed E-state index contributed by atoms with van der Waals surface area (Å²) in [6.07, 6.45) is 6.68. The van der Waals surface area contributed by atoms with Crippen molar-refractivity contribution in [3.05, 3.63) is 52.3 Å². The summed E-state index contributed by atoms with van der Waals surface area (Å²) in [5, 5.41) is 27.0. The highest BCUT2D eigenvalue weighted by Gasteiger charge is 2.11. The quantitative estimate of drug-likeness (QED) is 0.563. The fraction of sp³-hybridized carbons (Fsp3) is 0.429. The summed E-state index contributed by atoms with van der Waals surface area (Å²) in [5.74, 6) is 0.498. The molecular formula is C21H27NO5. The third-order valence-corrected chi connectivity index (χ3v) is 4.60. The lowest BCUT2D eigenvalue weighted by molar-refractivity contribution is -0.134. The number of aryl methyl sites for hydroxylation is 3. The molecule has 6 heteroatoms. The molecule has 0 spiro atoms. The van der Waals surface area contributed by atoms with Gasteiger partial charge in [0.1, 0.15) is 11.5 Å². The molecule has 1 aliphatic rings. The number of aliphatic hydroxyl groups is 2. The van der Waals surface area contributed by atoms with Crippen molar-refractivity contribution in [2.75, 3.05) is 0 Å². The van der Waals surface area contributed by atoms with Crippen LogP contribution in [0.4, 0.5) is 0 Å². The van der Waals surface area contributed by atoms with Gasteiger partial charge in [-0.1, -0.05) is 13.0 Å². The van der Waals surface area contributed by atoms with Crippen molar-refractivity contribution in [3.63, 3.8) is 0 Å². The number of hydrogen-bond acceptors (Lipinski definition) is 6. The van der Waals surface area contributed by atoms with Crippen LogP contribution in [0, 0.1) is 6.92 Å². The second-order valence-corrected chi connectivity index (χ2v) is 6.48. The predicted molar refractivity (Wildman–Crippen MR) is 101 cm³/mol. The van der Waals surface area contributed by atoms with Crippen molar-refractivity contribution in [1.29, 1.82) is 0 Å². The number of carbonyl (C=O) groups is 1. The zero-order valence-corrected chi connectivity index (χ0v) is 15.9. The molecule has 27 heavy (non-hydrogen) atoms. The normalized spacial score (nSPS) is 12.6. The molecule has 0 amide bonds. The first-order valence-electron chi connectivity index (χ1n) is 9.20. The van der Waals surface area contributed by atoms with Gasteiger partial charge >= 0.3 is 5.97 Å². The number of carbonyl (C=O) groups excluding carboxylic acids is 1. The van der Waals surface area contributed by atoms with Crippen LogP contribution in [0.15, 0.2) is 24.4 Å². The summed E-state index contributed by atoms with van der Waals surface area (Å²) in [5.41, 5.74) is 4.03. The Morgan fingerprint density at radius 3 is 2.48 bits per heavy atom. The summed E-state index contributed by atoms with van der Waals surface area (Å²) in [7, 11) is 0. The Hall–Kier alpha value is -2.44. The van der Waals surface area contributed by atoms with Gasteiger partial charge in [0.25, 0.3) is 0 Å². The number of hydrogen-bond donors (Lipinski definition) is 3. The third-order valence-electron chi connectivity index (χ3n) is 4.60. The van der Waals surface area contributed by atoms with E-state index in [9.17, 15) is 9.90 Å². The number of esters is 1. The first-order valence-corrected chi connectivity index (χ1v) is 9.20. The Kier molecular flexibility index (Phi) is 7.76. The second kappa shape index (κ2) is 10.0. The number of aliphatic hydroxyl groups excluding tert-OH is 2. The zero-order valence-electron chi connectivity index (χ0n) is 15.9. The van der Waals surface area contributed by atoms with Crippen molar-refractivity contribution in [2.24, 2.45) is 0 Å². The molecule has 1 aliphatic carbocycles. The highest BCUT2D eigenvalue weighted by Crippen LogP contribution is 2.25. The van der Waals surface area contributed by atoms with E-state index in [0.29, 0.717) is 29.0 Å². The van der Waals surface area contributed by atoms with Crippen LogP contribution in [-0.4, -0.2) is 26.3 Å². The van der Waals surface area contributed by atoms with Crippen molar-refractivity contribution in [2.45, 2.75) is 59.2 Å². The van der Waals surface area contributed by atoms with E-state index in [1.807, 2.05) is 12.1 Å². The SMILES string of the molecule is CCC(=O)Oc1ccc2c(c1)CCCC2.Cc1ncc(CO)c(CO)c1O. The molecule has 6 nitrogen and oxygen atoms in total. The molecule has 0 aliphatic heterocycles. The monoisotopic (exact) mass is 373 g/mol. The van der Waals surface area contributed by atoms with Gasteiger partial charge in [-0.05, 0) is 55.9 Å². The van der Waals surface area contributed by atoms with E-state index in [0.717, 1.165) is 12.8 Å². The molecule has 0 saturated heterocycles. The van der Waals surface area contributed by atoms with E-state index in [1.54, 1.807) is 13.8 Å². The third kappa shape index (κ3) is 5.52. The summed E-state index contributed by atoms with van der Waals surface area (Å²) in [6.45, 7) is 2.93. The first kappa shape index (κ1) is 20.9. The number of ether oxygens (including phenoxy) is 1. The Balaban J connectivity index is 0.000000199. The van der Waals surface area contributed by atoms with Gasteiger partial charge in [-0.15, -0.1) is 0 Å². The molecule has 0 bridgehead atoms.